The van der Waals surface area contributed by atoms with Crippen molar-refractivity contribution >= 4 is 29.3 Å². The number of aromatic nitrogens is 1. The van der Waals surface area contributed by atoms with Crippen LogP contribution in [-0.2, 0) is 0 Å². The summed E-state index contributed by atoms with van der Waals surface area (Å²) in [6.07, 6.45) is 3.72. The Kier molecular flexibility index (Phi) is 6.08. The van der Waals surface area contributed by atoms with E-state index in [1.54, 1.807) is 18.3 Å². The Labute approximate surface area is 144 Å². The number of halogens is 1. The molecule has 0 saturated carbocycles. The Morgan fingerprint density at radius 2 is 2.25 bits per heavy atom. The van der Waals surface area contributed by atoms with Crippen LogP contribution in [0.25, 0.3) is 0 Å². The standard InChI is InChI=1S/C16H17ClN4O3/c1-3-11(2)24-15-6-4-12(8-14(15)17)9-19-20-16-7-5-13(10-18-16)21(22)23/h4-11H,3H2,1-2H3,(H,18,20)/b19-9+/t11-/m0/s1. The number of nitrogens with one attached hydrogen (secondary N) is 1. The van der Waals surface area contributed by atoms with Gasteiger partial charge in [-0.05, 0) is 43.2 Å². The minimum Gasteiger partial charge on any atom is -0.489 e. The normalized spacial score (nSPS) is 12.1. The molecule has 0 aliphatic rings. The minimum absolute atomic E-state index is 0.0757. The van der Waals surface area contributed by atoms with Crippen LogP contribution in [0.3, 0.4) is 0 Å². The number of nitro groups is 1. The Hall–Kier alpha value is -2.67. The van der Waals surface area contributed by atoms with Crippen molar-refractivity contribution in [2.45, 2.75) is 26.4 Å². The van der Waals surface area contributed by atoms with Crippen molar-refractivity contribution in [3.05, 3.63) is 57.2 Å². The summed E-state index contributed by atoms with van der Waals surface area (Å²) < 4.78 is 5.70. The van der Waals surface area contributed by atoms with E-state index >= 15 is 0 Å². The largest absolute Gasteiger partial charge is 0.489 e. The zero-order valence-corrected chi connectivity index (χ0v) is 14.0. The van der Waals surface area contributed by atoms with E-state index in [1.165, 1.54) is 12.1 Å². The average Bonchev–Trinajstić information content (AvgIpc) is 2.57. The number of ether oxygens (including phenoxy) is 1. The maximum absolute atomic E-state index is 10.5. The second kappa shape index (κ2) is 8.26. The van der Waals surface area contributed by atoms with Gasteiger partial charge in [0.05, 0.1) is 22.3 Å². The zero-order valence-electron chi connectivity index (χ0n) is 13.3. The van der Waals surface area contributed by atoms with Gasteiger partial charge in [0.25, 0.3) is 5.69 Å². The number of hydrogen-bond donors (Lipinski definition) is 1. The number of pyridine rings is 1. The molecule has 7 nitrogen and oxygen atoms in total. The molecule has 0 bridgehead atoms. The third-order valence-corrected chi connectivity index (χ3v) is 3.51. The van der Waals surface area contributed by atoms with E-state index < -0.39 is 4.92 Å². The first kappa shape index (κ1) is 17.7. The van der Waals surface area contributed by atoms with Crippen LogP contribution in [0.2, 0.25) is 5.02 Å². The Morgan fingerprint density at radius 3 is 2.83 bits per heavy atom. The summed E-state index contributed by atoms with van der Waals surface area (Å²) in [5, 5.41) is 15.1. The van der Waals surface area contributed by atoms with Gasteiger partial charge in [0.1, 0.15) is 17.8 Å². The van der Waals surface area contributed by atoms with Crippen molar-refractivity contribution < 1.29 is 9.66 Å². The number of benzene rings is 1. The molecule has 24 heavy (non-hydrogen) atoms. The molecule has 8 heteroatoms. The highest BCUT2D eigenvalue weighted by Crippen LogP contribution is 2.26. The van der Waals surface area contributed by atoms with Crippen LogP contribution in [0.15, 0.2) is 41.6 Å². The maximum Gasteiger partial charge on any atom is 0.287 e. The fraction of sp³-hybridized carbons (Fsp3) is 0.250. The fourth-order valence-corrected chi connectivity index (χ4v) is 1.96. The zero-order chi connectivity index (χ0) is 17.5. The van der Waals surface area contributed by atoms with Crippen LogP contribution >= 0.6 is 11.6 Å². The van der Waals surface area contributed by atoms with Crippen molar-refractivity contribution in [3.8, 4) is 5.75 Å². The maximum atomic E-state index is 10.5. The molecule has 2 aromatic rings. The Bertz CT molecular complexity index is 735. The topological polar surface area (TPSA) is 89.6 Å². The van der Waals surface area contributed by atoms with Crippen molar-refractivity contribution in [1.29, 1.82) is 0 Å². The predicted molar refractivity (Wildman–Crippen MR) is 93.9 cm³/mol. The van der Waals surface area contributed by atoms with Crippen LogP contribution in [0, 0.1) is 10.1 Å². The molecule has 1 heterocycles. The van der Waals surface area contributed by atoms with Crippen molar-refractivity contribution in [2.75, 3.05) is 5.43 Å². The van der Waals surface area contributed by atoms with E-state index in [9.17, 15) is 10.1 Å². The summed E-state index contributed by atoms with van der Waals surface area (Å²) in [6.45, 7) is 4.02. The third-order valence-electron chi connectivity index (χ3n) is 3.21. The summed E-state index contributed by atoms with van der Waals surface area (Å²) in [7, 11) is 0. The molecule has 0 amide bonds. The number of hydrazone groups is 1. The van der Waals surface area contributed by atoms with Gasteiger partial charge in [-0.15, -0.1) is 0 Å². The second-order valence-corrected chi connectivity index (χ2v) is 5.46. The lowest BCUT2D eigenvalue weighted by atomic mass is 10.2. The first-order valence-corrected chi connectivity index (χ1v) is 7.73. The molecule has 0 radical (unpaired) electrons. The molecule has 0 saturated heterocycles. The fourth-order valence-electron chi connectivity index (χ4n) is 1.73. The van der Waals surface area contributed by atoms with Gasteiger partial charge < -0.3 is 4.74 Å². The lowest BCUT2D eigenvalue weighted by molar-refractivity contribution is -0.385. The Balaban J connectivity index is 1.99. The van der Waals surface area contributed by atoms with Crippen LogP contribution < -0.4 is 10.2 Å². The highest BCUT2D eigenvalue weighted by Gasteiger charge is 2.06. The average molecular weight is 349 g/mol. The molecule has 0 aliphatic heterocycles. The van der Waals surface area contributed by atoms with E-state index in [0.717, 1.165) is 18.2 Å². The molecule has 1 aromatic carbocycles. The molecule has 0 spiro atoms. The summed E-state index contributed by atoms with van der Waals surface area (Å²) in [5.74, 6) is 1.04. The van der Waals surface area contributed by atoms with E-state index in [4.69, 9.17) is 16.3 Å². The molecule has 0 fully saturated rings. The third kappa shape index (κ3) is 4.92. The predicted octanol–water partition coefficient (Wildman–Crippen LogP) is 4.27. The molecule has 126 valence electrons. The Morgan fingerprint density at radius 1 is 1.46 bits per heavy atom. The smallest absolute Gasteiger partial charge is 0.287 e. The highest BCUT2D eigenvalue weighted by molar-refractivity contribution is 6.32. The quantitative estimate of drug-likeness (QED) is 0.458. The summed E-state index contributed by atoms with van der Waals surface area (Å²) in [6, 6.07) is 8.19. The van der Waals surface area contributed by atoms with Crippen LogP contribution in [0.1, 0.15) is 25.8 Å². The highest BCUT2D eigenvalue weighted by atomic mass is 35.5. The molecule has 2 rings (SSSR count). The van der Waals surface area contributed by atoms with Gasteiger partial charge in [-0.2, -0.15) is 5.10 Å². The summed E-state index contributed by atoms with van der Waals surface area (Å²) in [4.78, 5) is 13.9. The number of hydrogen-bond acceptors (Lipinski definition) is 6. The molecule has 0 aliphatic carbocycles. The van der Waals surface area contributed by atoms with E-state index in [0.29, 0.717) is 16.6 Å². The van der Waals surface area contributed by atoms with E-state index in [1.807, 2.05) is 19.9 Å². The lowest BCUT2D eigenvalue weighted by Crippen LogP contribution is -2.10. The van der Waals surface area contributed by atoms with Crippen LogP contribution in [0.4, 0.5) is 11.5 Å². The molecule has 1 atom stereocenters. The number of nitrogens with zero attached hydrogens (tertiary/aromatic N) is 3. The van der Waals surface area contributed by atoms with Gasteiger partial charge in [0.2, 0.25) is 0 Å². The van der Waals surface area contributed by atoms with Gasteiger partial charge in [0, 0.05) is 6.07 Å². The first-order chi connectivity index (χ1) is 11.5. The first-order valence-electron chi connectivity index (χ1n) is 7.35. The van der Waals surface area contributed by atoms with Gasteiger partial charge >= 0.3 is 0 Å². The van der Waals surface area contributed by atoms with Gasteiger partial charge in [-0.1, -0.05) is 18.5 Å². The lowest BCUT2D eigenvalue weighted by Gasteiger charge is -2.13. The molecular weight excluding hydrogens is 332 g/mol. The molecule has 1 N–H and O–H groups in total. The second-order valence-electron chi connectivity index (χ2n) is 5.06. The number of anilines is 1. The monoisotopic (exact) mass is 348 g/mol. The van der Waals surface area contributed by atoms with Crippen molar-refractivity contribution in [2.24, 2.45) is 5.10 Å². The molecule has 1 aromatic heterocycles. The van der Waals surface area contributed by atoms with E-state index in [-0.39, 0.29) is 11.8 Å². The van der Waals surface area contributed by atoms with E-state index in [2.05, 4.69) is 15.5 Å². The van der Waals surface area contributed by atoms with Crippen molar-refractivity contribution in [3.63, 3.8) is 0 Å². The van der Waals surface area contributed by atoms with Crippen LogP contribution in [0.5, 0.6) is 5.75 Å². The van der Waals surface area contributed by atoms with Crippen molar-refractivity contribution in [1.82, 2.24) is 4.98 Å². The van der Waals surface area contributed by atoms with Gasteiger partial charge in [-0.25, -0.2) is 4.98 Å². The summed E-state index contributed by atoms with van der Waals surface area (Å²) >= 11 is 6.19. The molecular formula is C16H17ClN4O3. The SMILES string of the molecule is CC[C@H](C)Oc1ccc(/C=N/Nc2ccc([N+](=O)[O-])cn2)cc1Cl. The van der Waals surface area contributed by atoms with Gasteiger partial charge in [-0.3, -0.25) is 15.5 Å². The van der Waals surface area contributed by atoms with Gasteiger partial charge in [0.15, 0.2) is 0 Å². The summed E-state index contributed by atoms with van der Waals surface area (Å²) in [5.41, 5.74) is 3.40. The minimum atomic E-state index is -0.509. The van der Waals surface area contributed by atoms with Crippen LogP contribution in [-0.4, -0.2) is 22.2 Å². The number of rotatable bonds is 7. The molecule has 0 unspecified atom stereocenters.